The van der Waals surface area contributed by atoms with Gasteiger partial charge in [-0.25, -0.2) is 4.68 Å². The van der Waals surface area contributed by atoms with Crippen molar-refractivity contribution in [3.63, 3.8) is 0 Å². The monoisotopic (exact) mass is 300 g/mol. The minimum absolute atomic E-state index is 0.0131. The number of rotatable bonds is 4. The number of nitrogens with zero attached hydrogens (tertiary/aromatic N) is 4. The molecule has 2 heterocycles. The number of carbonyl (C=O) groups excluding carboxylic acids is 1. The van der Waals surface area contributed by atoms with Crippen LogP contribution in [0.3, 0.4) is 0 Å². The van der Waals surface area contributed by atoms with Crippen molar-refractivity contribution in [2.75, 3.05) is 0 Å². The summed E-state index contributed by atoms with van der Waals surface area (Å²) >= 11 is 0. The van der Waals surface area contributed by atoms with Gasteiger partial charge in [-0.3, -0.25) is 4.79 Å². The molecule has 0 saturated carbocycles. The lowest BCUT2D eigenvalue weighted by Crippen LogP contribution is -2.30. The van der Waals surface area contributed by atoms with Crippen LogP contribution >= 0.6 is 0 Å². The van der Waals surface area contributed by atoms with E-state index in [9.17, 15) is 4.79 Å². The summed E-state index contributed by atoms with van der Waals surface area (Å²) in [4.78, 5) is 12.5. The normalized spacial score (nSPS) is 17.6. The SMILES string of the molecule is NCc1ccc(CNC(=O)C2CCCCn3nnnc32)cc1. The summed E-state index contributed by atoms with van der Waals surface area (Å²) in [6.07, 6.45) is 2.79. The van der Waals surface area contributed by atoms with Gasteiger partial charge in [0.2, 0.25) is 5.91 Å². The molecule has 0 spiro atoms. The van der Waals surface area contributed by atoms with Gasteiger partial charge in [0, 0.05) is 19.6 Å². The van der Waals surface area contributed by atoms with Crippen molar-refractivity contribution in [1.29, 1.82) is 0 Å². The first kappa shape index (κ1) is 14.6. The van der Waals surface area contributed by atoms with Crippen LogP contribution in [0.15, 0.2) is 24.3 Å². The predicted molar refractivity (Wildman–Crippen MR) is 80.6 cm³/mol. The molecule has 1 aliphatic heterocycles. The van der Waals surface area contributed by atoms with Gasteiger partial charge < -0.3 is 11.1 Å². The molecule has 0 fully saturated rings. The average Bonchev–Trinajstić information content (AvgIpc) is 2.92. The van der Waals surface area contributed by atoms with E-state index in [4.69, 9.17) is 5.73 Å². The third-order valence-corrected chi connectivity index (χ3v) is 4.03. The van der Waals surface area contributed by atoms with Crippen LogP contribution in [0.5, 0.6) is 0 Å². The Morgan fingerprint density at radius 3 is 2.82 bits per heavy atom. The van der Waals surface area contributed by atoms with E-state index in [0.29, 0.717) is 18.9 Å². The fraction of sp³-hybridized carbons (Fsp3) is 0.467. The molecular weight excluding hydrogens is 280 g/mol. The van der Waals surface area contributed by atoms with E-state index >= 15 is 0 Å². The van der Waals surface area contributed by atoms with Crippen molar-refractivity contribution >= 4 is 5.91 Å². The topological polar surface area (TPSA) is 98.7 Å². The molecule has 3 rings (SSSR count). The van der Waals surface area contributed by atoms with Crippen LogP contribution in [-0.4, -0.2) is 26.1 Å². The van der Waals surface area contributed by atoms with Crippen LogP contribution < -0.4 is 11.1 Å². The highest BCUT2D eigenvalue weighted by Gasteiger charge is 2.28. The summed E-state index contributed by atoms with van der Waals surface area (Å²) < 4.78 is 1.74. The van der Waals surface area contributed by atoms with Crippen LogP contribution in [0.1, 0.15) is 42.1 Å². The summed E-state index contributed by atoms with van der Waals surface area (Å²) in [5.41, 5.74) is 7.71. The quantitative estimate of drug-likeness (QED) is 0.866. The molecule has 1 atom stereocenters. The Bertz CT molecular complexity index is 636. The number of aryl methyl sites for hydroxylation is 1. The number of amides is 1. The molecule has 2 aromatic rings. The Hall–Kier alpha value is -2.28. The minimum atomic E-state index is -0.263. The predicted octanol–water partition coefficient (Wildman–Crippen LogP) is 0.716. The van der Waals surface area contributed by atoms with Crippen molar-refractivity contribution < 1.29 is 4.79 Å². The van der Waals surface area contributed by atoms with Crippen LogP contribution in [0.2, 0.25) is 0 Å². The molecule has 1 amide bonds. The molecule has 7 heteroatoms. The van der Waals surface area contributed by atoms with Gasteiger partial charge in [-0.15, -0.1) is 5.10 Å². The lowest BCUT2D eigenvalue weighted by molar-refractivity contribution is -0.123. The van der Waals surface area contributed by atoms with Gasteiger partial charge >= 0.3 is 0 Å². The van der Waals surface area contributed by atoms with Crippen molar-refractivity contribution in [2.45, 2.75) is 44.8 Å². The largest absolute Gasteiger partial charge is 0.351 e. The third-order valence-electron chi connectivity index (χ3n) is 4.03. The second-order valence-corrected chi connectivity index (χ2v) is 5.55. The first-order valence-electron chi connectivity index (χ1n) is 7.59. The number of hydrogen-bond donors (Lipinski definition) is 2. The van der Waals surface area contributed by atoms with E-state index in [1.165, 1.54) is 0 Å². The Balaban J connectivity index is 1.64. The molecular formula is C15H20N6O. The standard InChI is InChI=1S/C15H20N6O/c16-9-11-4-6-12(7-5-11)10-17-15(22)13-3-1-2-8-21-14(13)18-19-20-21/h4-7,13H,1-3,8-10,16H2,(H,17,22). The molecule has 0 bridgehead atoms. The maximum atomic E-state index is 12.5. The summed E-state index contributed by atoms with van der Waals surface area (Å²) in [6.45, 7) is 1.81. The van der Waals surface area contributed by atoms with E-state index in [-0.39, 0.29) is 11.8 Å². The van der Waals surface area contributed by atoms with E-state index in [0.717, 1.165) is 36.9 Å². The van der Waals surface area contributed by atoms with Crippen molar-refractivity contribution in [3.8, 4) is 0 Å². The first-order valence-corrected chi connectivity index (χ1v) is 7.59. The third kappa shape index (κ3) is 3.14. The number of hydrogen-bond acceptors (Lipinski definition) is 5. The molecule has 7 nitrogen and oxygen atoms in total. The Morgan fingerprint density at radius 1 is 1.27 bits per heavy atom. The highest BCUT2D eigenvalue weighted by molar-refractivity contribution is 5.82. The second kappa shape index (κ2) is 6.65. The molecule has 22 heavy (non-hydrogen) atoms. The van der Waals surface area contributed by atoms with Crippen molar-refractivity contribution in [2.24, 2.45) is 5.73 Å². The maximum Gasteiger partial charge on any atom is 0.231 e. The molecule has 1 aliphatic rings. The average molecular weight is 300 g/mol. The van der Waals surface area contributed by atoms with Gasteiger partial charge in [-0.05, 0) is 34.4 Å². The second-order valence-electron chi connectivity index (χ2n) is 5.55. The smallest absolute Gasteiger partial charge is 0.231 e. The Labute approximate surface area is 128 Å². The lowest BCUT2D eigenvalue weighted by Gasteiger charge is -2.13. The van der Waals surface area contributed by atoms with Crippen LogP contribution in [0.25, 0.3) is 0 Å². The zero-order valence-corrected chi connectivity index (χ0v) is 12.4. The molecule has 1 aromatic heterocycles. The van der Waals surface area contributed by atoms with Gasteiger partial charge in [-0.1, -0.05) is 30.7 Å². The van der Waals surface area contributed by atoms with E-state index in [1.807, 2.05) is 24.3 Å². The highest BCUT2D eigenvalue weighted by Crippen LogP contribution is 2.24. The Morgan fingerprint density at radius 2 is 2.05 bits per heavy atom. The van der Waals surface area contributed by atoms with E-state index in [1.54, 1.807) is 4.68 Å². The fourth-order valence-corrected chi connectivity index (χ4v) is 2.71. The van der Waals surface area contributed by atoms with Gasteiger partial charge in [-0.2, -0.15) is 0 Å². The maximum absolute atomic E-state index is 12.5. The fourth-order valence-electron chi connectivity index (χ4n) is 2.71. The van der Waals surface area contributed by atoms with Crippen molar-refractivity contribution in [3.05, 3.63) is 41.2 Å². The van der Waals surface area contributed by atoms with Crippen molar-refractivity contribution in [1.82, 2.24) is 25.5 Å². The van der Waals surface area contributed by atoms with E-state index < -0.39 is 0 Å². The zero-order valence-electron chi connectivity index (χ0n) is 12.4. The van der Waals surface area contributed by atoms with Gasteiger partial charge in [0.15, 0.2) is 5.82 Å². The number of nitrogens with one attached hydrogen (secondary N) is 1. The van der Waals surface area contributed by atoms with Gasteiger partial charge in [0.1, 0.15) is 0 Å². The van der Waals surface area contributed by atoms with E-state index in [2.05, 4.69) is 20.8 Å². The number of benzene rings is 1. The molecule has 1 unspecified atom stereocenters. The van der Waals surface area contributed by atoms with Crippen LogP contribution in [0.4, 0.5) is 0 Å². The van der Waals surface area contributed by atoms with Crippen LogP contribution in [-0.2, 0) is 24.4 Å². The number of fused-ring (bicyclic) bond motifs is 1. The summed E-state index contributed by atoms with van der Waals surface area (Å²) in [5.74, 6) is 0.398. The highest BCUT2D eigenvalue weighted by atomic mass is 16.1. The minimum Gasteiger partial charge on any atom is -0.351 e. The molecule has 3 N–H and O–H groups in total. The molecule has 116 valence electrons. The van der Waals surface area contributed by atoms with Crippen LogP contribution in [0, 0.1) is 0 Å². The number of nitrogens with two attached hydrogens (primary N) is 1. The molecule has 0 saturated heterocycles. The Kier molecular flexibility index (Phi) is 4.43. The molecule has 1 aromatic carbocycles. The number of aromatic nitrogens is 4. The lowest BCUT2D eigenvalue weighted by atomic mass is 10.0. The molecule has 0 aliphatic carbocycles. The number of carbonyl (C=O) groups is 1. The van der Waals surface area contributed by atoms with Gasteiger partial charge in [0.25, 0.3) is 0 Å². The first-order chi connectivity index (χ1) is 10.8. The number of tetrazole rings is 1. The molecule has 0 radical (unpaired) electrons. The summed E-state index contributed by atoms with van der Waals surface area (Å²) in [6, 6.07) is 7.93. The summed E-state index contributed by atoms with van der Waals surface area (Å²) in [7, 11) is 0. The summed E-state index contributed by atoms with van der Waals surface area (Å²) in [5, 5.41) is 14.6. The zero-order chi connectivity index (χ0) is 15.4. The van der Waals surface area contributed by atoms with Gasteiger partial charge in [0.05, 0.1) is 5.92 Å².